The van der Waals surface area contributed by atoms with Crippen LogP contribution >= 0.6 is 11.6 Å². The second kappa shape index (κ2) is 9.48. The number of nitrogens with one attached hydrogen (secondary N) is 1. The summed E-state index contributed by atoms with van der Waals surface area (Å²) in [5, 5.41) is 13.8. The molecule has 2 heterocycles. The molecule has 0 bridgehead atoms. The van der Waals surface area contributed by atoms with Crippen LogP contribution in [-0.2, 0) is 9.53 Å². The molecule has 32 heavy (non-hydrogen) atoms. The highest BCUT2D eigenvalue weighted by Crippen LogP contribution is 2.39. The topological polar surface area (TPSA) is 83.4 Å². The molecule has 2 aromatic rings. The van der Waals surface area contributed by atoms with E-state index in [0.717, 1.165) is 23.7 Å². The van der Waals surface area contributed by atoms with Gasteiger partial charge in [-0.1, -0.05) is 23.7 Å². The molecule has 1 unspecified atom stereocenters. The summed E-state index contributed by atoms with van der Waals surface area (Å²) in [6.45, 7) is 5.65. The Morgan fingerprint density at radius 2 is 2.12 bits per heavy atom. The molecule has 2 aliphatic heterocycles. The molecule has 1 atom stereocenters. The van der Waals surface area contributed by atoms with Crippen LogP contribution in [0.15, 0.2) is 47.5 Å². The number of para-hydroxylation sites is 1. The van der Waals surface area contributed by atoms with Gasteiger partial charge >= 0.3 is 5.97 Å². The number of hydrogen-bond donors (Lipinski definition) is 2. The predicted octanol–water partition coefficient (Wildman–Crippen LogP) is 3.89. The first-order valence-corrected chi connectivity index (χ1v) is 11.2. The van der Waals surface area contributed by atoms with Gasteiger partial charge in [0.1, 0.15) is 17.3 Å². The van der Waals surface area contributed by atoms with E-state index in [1.807, 2.05) is 30.3 Å². The smallest absolute Gasteiger partial charge is 0.307 e. The van der Waals surface area contributed by atoms with Gasteiger partial charge < -0.3 is 24.8 Å². The first-order chi connectivity index (χ1) is 15.3. The van der Waals surface area contributed by atoms with Crippen LogP contribution < -0.4 is 10.1 Å². The van der Waals surface area contributed by atoms with Crippen molar-refractivity contribution in [1.82, 2.24) is 10.2 Å². The van der Waals surface area contributed by atoms with Crippen LogP contribution in [0, 0.1) is 0 Å². The average Bonchev–Trinajstić information content (AvgIpc) is 2.89. The lowest BCUT2D eigenvalue weighted by Gasteiger charge is -2.35. The van der Waals surface area contributed by atoms with Gasteiger partial charge in [0.2, 0.25) is 0 Å². The summed E-state index contributed by atoms with van der Waals surface area (Å²) in [4.78, 5) is 19.4. The van der Waals surface area contributed by atoms with Crippen LogP contribution in [0.5, 0.6) is 11.5 Å². The molecule has 0 aromatic heterocycles. The molecular formula is C24H28ClN3O4. The number of carbonyl (C=O) groups is 1. The number of nitrogens with zero attached hydrogens (tertiary/aromatic N) is 2. The number of aliphatic hydroxyl groups is 1. The van der Waals surface area contributed by atoms with E-state index in [-0.39, 0.29) is 25.0 Å². The van der Waals surface area contributed by atoms with E-state index in [1.165, 1.54) is 0 Å². The lowest BCUT2D eigenvalue weighted by molar-refractivity contribution is -0.145. The van der Waals surface area contributed by atoms with Crippen molar-refractivity contribution in [3.63, 3.8) is 0 Å². The highest BCUT2D eigenvalue weighted by atomic mass is 35.5. The minimum absolute atomic E-state index is 0.0729. The van der Waals surface area contributed by atoms with Crippen molar-refractivity contribution in [2.24, 2.45) is 4.99 Å². The summed E-state index contributed by atoms with van der Waals surface area (Å²) in [5.41, 5.74) is 0.713. The van der Waals surface area contributed by atoms with Gasteiger partial charge in [-0.3, -0.25) is 4.79 Å². The Balaban J connectivity index is 1.51. The van der Waals surface area contributed by atoms with Gasteiger partial charge in [-0.05, 0) is 44.2 Å². The molecular weight excluding hydrogens is 430 g/mol. The Kier molecular flexibility index (Phi) is 6.69. The summed E-state index contributed by atoms with van der Waals surface area (Å²) in [7, 11) is 0. The third-order valence-corrected chi connectivity index (χ3v) is 5.68. The highest BCUT2D eigenvalue weighted by Gasteiger charge is 2.28. The Hall–Kier alpha value is -2.61. The number of rotatable bonds is 5. The first-order valence-electron chi connectivity index (χ1n) is 10.8. The fraction of sp³-hybridized carbons (Fsp3) is 0.417. The zero-order chi connectivity index (χ0) is 22.7. The van der Waals surface area contributed by atoms with E-state index in [2.05, 4.69) is 10.2 Å². The van der Waals surface area contributed by atoms with Crippen LogP contribution in [0.2, 0.25) is 5.02 Å². The lowest BCUT2D eigenvalue weighted by atomic mass is 10.1. The van der Waals surface area contributed by atoms with E-state index in [0.29, 0.717) is 36.0 Å². The van der Waals surface area contributed by atoms with Crippen molar-refractivity contribution in [3.8, 4) is 11.5 Å². The number of fused-ring (bicyclic) bond motifs is 2. The molecule has 1 fully saturated rings. The van der Waals surface area contributed by atoms with Gasteiger partial charge in [-0.2, -0.15) is 0 Å². The van der Waals surface area contributed by atoms with Crippen LogP contribution in [-0.4, -0.2) is 59.7 Å². The lowest BCUT2D eigenvalue weighted by Crippen LogP contribution is -2.53. The van der Waals surface area contributed by atoms with Crippen LogP contribution in [0.25, 0.3) is 0 Å². The molecule has 0 amide bonds. The quantitative estimate of drug-likeness (QED) is 0.663. The zero-order valence-corrected chi connectivity index (χ0v) is 19.1. The minimum Gasteiger partial charge on any atom is -0.466 e. The van der Waals surface area contributed by atoms with Gasteiger partial charge in [0.25, 0.3) is 0 Å². The number of piperazine rings is 1. The van der Waals surface area contributed by atoms with Crippen molar-refractivity contribution in [2.75, 3.05) is 26.2 Å². The minimum atomic E-state index is -0.855. The third kappa shape index (κ3) is 5.59. The standard InChI is InChI=1S/C24H28ClN3O4/c1-24(2,30)9-12-31-22(29)14-17-15-28(11-10-26-17)23-18-5-3-4-6-20(18)32-21-8-7-16(25)13-19(21)27-23/h3-8,13,17,26,30H,9-12,14-15H2,1-2H3. The number of carbonyl (C=O) groups excluding carboxylic acids is 1. The Morgan fingerprint density at radius 3 is 2.94 bits per heavy atom. The number of hydrogen-bond acceptors (Lipinski definition) is 7. The fourth-order valence-electron chi connectivity index (χ4n) is 3.77. The van der Waals surface area contributed by atoms with Crippen molar-refractivity contribution < 1.29 is 19.4 Å². The van der Waals surface area contributed by atoms with E-state index < -0.39 is 5.60 Å². The van der Waals surface area contributed by atoms with Gasteiger partial charge in [-0.25, -0.2) is 4.99 Å². The maximum atomic E-state index is 12.3. The van der Waals surface area contributed by atoms with Crippen LogP contribution in [0.1, 0.15) is 32.3 Å². The summed E-state index contributed by atoms with van der Waals surface area (Å²) in [6.07, 6.45) is 0.648. The van der Waals surface area contributed by atoms with Gasteiger partial charge in [-0.15, -0.1) is 0 Å². The zero-order valence-electron chi connectivity index (χ0n) is 18.3. The van der Waals surface area contributed by atoms with E-state index in [1.54, 1.807) is 26.0 Å². The third-order valence-electron chi connectivity index (χ3n) is 5.44. The molecule has 1 saturated heterocycles. The van der Waals surface area contributed by atoms with Crippen molar-refractivity contribution in [2.45, 2.75) is 38.3 Å². The highest BCUT2D eigenvalue weighted by molar-refractivity contribution is 6.31. The Morgan fingerprint density at radius 1 is 1.31 bits per heavy atom. The van der Waals surface area contributed by atoms with Crippen molar-refractivity contribution in [3.05, 3.63) is 53.1 Å². The summed E-state index contributed by atoms with van der Waals surface area (Å²) < 4.78 is 11.4. The largest absolute Gasteiger partial charge is 0.466 e. The number of amidine groups is 1. The second-order valence-corrected chi connectivity index (χ2v) is 9.17. The predicted molar refractivity (Wildman–Crippen MR) is 124 cm³/mol. The summed E-state index contributed by atoms with van der Waals surface area (Å²) >= 11 is 6.21. The molecule has 4 rings (SSSR count). The van der Waals surface area contributed by atoms with Gasteiger partial charge in [0.15, 0.2) is 5.75 Å². The molecule has 0 aliphatic carbocycles. The van der Waals surface area contributed by atoms with Crippen LogP contribution in [0.4, 0.5) is 5.69 Å². The Labute approximate surface area is 193 Å². The fourth-order valence-corrected chi connectivity index (χ4v) is 3.93. The molecule has 2 aliphatic rings. The van der Waals surface area contributed by atoms with Crippen molar-refractivity contribution >= 4 is 29.1 Å². The molecule has 0 spiro atoms. The summed E-state index contributed by atoms with van der Waals surface area (Å²) in [5.74, 6) is 1.90. The molecule has 2 N–H and O–H groups in total. The number of aliphatic imine (C=N–C) groups is 1. The van der Waals surface area contributed by atoms with Gasteiger partial charge in [0.05, 0.1) is 24.2 Å². The van der Waals surface area contributed by atoms with E-state index in [9.17, 15) is 9.90 Å². The van der Waals surface area contributed by atoms with Crippen LogP contribution in [0.3, 0.4) is 0 Å². The Bertz CT molecular complexity index is 1020. The number of benzene rings is 2. The number of ether oxygens (including phenoxy) is 2. The van der Waals surface area contributed by atoms with E-state index >= 15 is 0 Å². The molecule has 170 valence electrons. The SMILES string of the molecule is CC(C)(O)CCOC(=O)CC1CN(C2=Nc3cc(Cl)ccc3Oc3ccccc32)CCN1. The number of halogens is 1. The average molecular weight is 458 g/mol. The first kappa shape index (κ1) is 22.6. The molecule has 7 nitrogen and oxygen atoms in total. The summed E-state index contributed by atoms with van der Waals surface area (Å²) in [6, 6.07) is 13.1. The molecule has 0 saturated carbocycles. The number of esters is 1. The second-order valence-electron chi connectivity index (χ2n) is 8.73. The monoisotopic (exact) mass is 457 g/mol. The maximum absolute atomic E-state index is 12.3. The maximum Gasteiger partial charge on any atom is 0.307 e. The normalized spacial score (nSPS) is 18.1. The molecule has 0 radical (unpaired) electrons. The van der Waals surface area contributed by atoms with Crippen molar-refractivity contribution in [1.29, 1.82) is 0 Å². The van der Waals surface area contributed by atoms with Gasteiger partial charge in [0, 0.05) is 37.1 Å². The molecule has 8 heteroatoms. The van der Waals surface area contributed by atoms with E-state index in [4.69, 9.17) is 26.1 Å². The molecule has 2 aromatic carbocycles.